The summed E-state index contributed by atoms with van der Waals surface area (Å²) in [5.74, 6) is 1.79. The zero-order valence-corrected chi connectivity index (χ0v) is 28.4. The summed E-state index contributed by atoms with van der Waals surface area (Å²) in [4.78, 5) is 20.4. The molecule has 3 aromatic heterocycles. The Labute approximate surface area is 303 Å². The van der Waals surface area contributed by atoms with E-state index in [1.165, 1.54) is 10.8 Å². The zero-order chi connectivity index (χ0) is 34.9. The maximum Gasteiger partial charge on any atom is 0.165 e. The molecule has 0 unspecified atom stereocenters. The van der Waals surface area contributed by atoms with Gasteiger partial charge in [0, 0.05) is 44.4 Å². The van der Waals surface area contributed by atoms with Gasteiger partial charge in [-0.25, -0.2) is 15.0 Å². The second kappa shape index (κ2) is 11.7. The number of hydrogen-bond acceptors (Lipinski definition) is 5. The number of furan rings is 1. The summed E-state index contributed by atoms with van der Waals surface area (Å²) in [5.41, 5.74) is 7.64. The zero-order valence-electron chi connectivity index (χ0n) is 28.4. The quantitative estimate of drug-likeness (QED) is 0.174. The molecule has 11 aromatic rings. The van der Waals surface area contributed by atoms with E-state index in [4.69, 9.17) is 24.4 Å². The molecule has 0 saturated carbocycles. The summed E-state index contributed by atoms with van der Waals surface area (Å²) in [6, 6.07) is 56.7. The smallest absolute Gasteiger partial charge is 0.165 e. The molecule has 8 aromatic carbocycles. The van der Waals surface area contributed by atoms with Gasteiger partial charge in [0.05, 0.1) is 5.52 Å². The lowest BCUT2D eigenvalue weighted by Gasteiger charge is -2.13. The predicted octanol–water partition coefficient (Wildman–Crippen LogP) is 12.4. The third-order valence-electron chi connectivity index (χ3n) is 10.3. The van der Waals surface area contributed by atoms with Crippen LogP contribution in [0.3, 0.4) is 0 Å². The van der Waals surface area contributed by atoms with Gasteiger partial charge in [0.2, 0.25) is 0 Å². The minimum absolute atomic E-state index is 0.573. The second-order valence-corrected chi connectivity index (χ2v) is 13.4. The Morgan fingerprint density at radius 3 is 1.83 bits per heavy atom. The third-order valence-corrected chi connectivity index (χ3v) is 10.3. The highest BCUT2D eigenvalue weighted by Gasteiger charge is 2.18. The van der Waals surface area contributed by atoms with Gasteiger partial charge in [-0.1, -0.05) is 146 Å². The van der Waals surface area contributed by atoms with Crippen molar-refractivity contribution in [3.05, 3.63) is 170 Å². The lowest BCUT2D eigenvalue weighted by Crippen LogP contribution is -2.01. The molecule has 5 nitrogen and oxygen atoms in total. The van der Waals surface area contributed by atoms with E-state index < -0.39 is 0 Å². The van der Waals surface area contributed by atoms with Gasteiger partial charge in [0.15, 0.2) is 17.5 Å². The van der Waals surface area contributed by atoms with Crippen molar-refractivity contribution < 1.29 is 4.42 Å². The average molecular weight is 677 g/mol. The van der Waals surface area contributed by atoms with Crippen molar-refractivity contribution in [3.63, 3.8) is 0 Å². The van der Waals surface area contributed by atoms with E-state index in [2.05, 4.69) is 115 Å². The largest absolute Gasteiger partial charge is 0.456 e. The first-order valence-corrected chi connectivity index (χ1v) is 17.7. The number of aromatic nitrogens is 4. The third kappa shape index (κ3) is 4.71. The summed E-state index contributed by atoms with van der Waals surface area (Å²) in [5, 5.41) is 10.1. The van der Waals surface area contributed by atoms with Crippen LogP contribution in [0, 0.1) is 0 Å². The summed E-state index contributed by atoms with van der Waals surface area (Å²) < 4.78 is 6.26. The SMILES string of the molecule is c1ccc(-c2nc(-c3cnc4c(ccc5ccc6ccccc6c54)c3)nc(-c3cccc4c(-c5cccc6oc7ccccc7c56)cccc34)n2)cc1. The van der Waals surface area contributed by atoms with Crippen LogP contribution in [0.5, 0.6) is 0 Å². The molecular formula is C48H28N4O. The first-order valence-electron chi connectivity index (χ1n) is 17.7. The van der Waals surface area contributed by atoms with Crippen LogP contribution in [-0.2, 0) is 0 Å². The normalized spacial score (nSPS) is 11.8. The average Bonchev–Trinajstić information content (AvgIpc) is 3.62. The van der Waals surface area contributed by atoms with E-state index in [0.717, 1.165) is 82.2 Å². The van der Waals surface area contributed by atoms with Crippen LogP contribution in [0.1, 0.15) is 0 Å². The van der Waals surface area contributed by atoms with Gasteiger partial charge in [0.25, 0.3) is 0 Å². The maximum atomic E-state index is 6.26. The van der Waals surface area contributed by atoms with Crippen LogP contribution in [0.15, 0.2) is 174 Å². The minimum atomic E-state index is 0.573. The monoisotopic (exact) mass is 676 g/mol. The van der Waals surface area contributed by atoms with Crippen molar-refractivity contribution in [2.24, 2.45) is 0 Å². The second-order valence-electron chi connectivity index (χ2n) is 13.4. The first kappa shape index (κ1) is 29.5. The molecule has 0 amide bonds. The van der Waals surface area contributed by atoms with E-state index in [0.29, 0.717) is 17.5 Å². The Morgan fingerprint density at radius 2 is 0.962 bits per heavy atom. The number of rotatable bonds is 4. The lowest BCUT2D eigenvalue weighted by molar-refractivity contribution is 0.669. The van der Waals surface area contributed by atoms with E-state index in [-0.39, 0.29) is 0 Å². The molecule has 5 heteroatoms. The summed E-state index contributed by atoms with van der Waals surface area (Å²) >= 11 is 0. The van der Waals surface area contributed by atoms with E-state index in [9.17, 15) is 0 Å². The van der Waals surface area contributed by atoms with E-state index in [1.807, 2.05) is 54.7 Å². The van der Waals surface area contributed by atoms with Crippen molar-refractivity contribution in [2.75, 3.05) is 0 Å². The summed E-state index contributed by atoms with van der Waals surface area (Å²) in [6.07, 6.45) is 1.90. The van der Waals surface area contributed by atoms with Gasteiger partial charge in [0.1, 0.15) is 11.2 Å². The van der Waals surface area contributed by atoms with E-state index >= 15 is 0 Å². The van der Waals surface area contributed by atoms with Gasteiger partial charge < -0.3 is 4.42 Å². The Hall–Kier alpha value is -7.24. The Balaban J connectivity index is 1.12. The molecule has 0 radical (unpaired) electrons. The van der Waals surface area contributed by atoms with Crippen molar-refractivity contribution in [2.45, 2.75) is 0 Å². The highest BCUT2D eigenvalue weighted by molar-refractivity contribution is 6.19. The molecule has 0 N–H and O–H groups in total. The molecule has 0 fully saturated rings. The topological polar surface area (TPSA) is 64.7 Å². The Morgan fingerprint density at radius 1 is 0.358 bits per heavy atom. The molecule has 0 atom stereocenters. The molecule has 0 saturated heterocycles. The van der Waals surface area contributed by atoms with Gasteiger partial charge in [-0.05, 0) is 56.3 Å². The fourth-order valence-corrected chi connectivity index (χ4v) is 7.89. The number of pyridine rings is 1. The van der Waals surface area contributed by atoms with E-state index in [1.54, 1.807) is 0 Å². The van der Waals surface area contributed by atoms with Gasteiger partial charge >= 0.3 is 0 Å². The molecule has 11 rings (SSSR count). The fraction of sp³-hybridized carbons (Fsp3) is 0. The van der Waals surface area contributed by atoms with Crippen LogP contribution in [0.2, 0.25) is 0 Å². The molecule has 0 aliphatic rings. The van der Waals surface area contributed by atoms with Gasteiger partial charge in [-0.2, -0.15) is 0 Å². The van der Waals surface area contributed by atoms with Crippen LogP contribution in [0.4, 0.5) is 0 Å². The highest BCUT2D eigenvalue weighted by atomic mass is 16.3. The molecule has 0 aliphatic carbocycles. The first-order chi connectivity index (χ1) is 26.3. The van der Waals surface area contributed by atoms with Crippen LogP contribution < -0.4 is 0 Å². The molecule has 0 spiro atoms. The Bertz CT molecular complexity index is 3240. The standard InChI is InChI=1S/C48H28N4O/c1-2-12-31(13-3-1)46-50-47(33-27-32-26-25-30-24-23-29-11-4-5-14-34(29)43(30)45(32)49-28-33)52-48(51-46)39-20-9-16-35-36(17-8-18-37(35)39)38-19-10-22-42-44(38)40-15-6-7-21-41(40)53-42/h1-28H. The van der Waals surface area contributed by atoms with Crippen molar-refractivity contribution in [1.29, 1.82) is 0 Å². The molecule has 0 bridgehead atoms. The van der Waals surface area contributed by atoms with Crippen LogP contribution in [-0.4, -0.2) is 19.9 Å². The molecule has 53 heavy (non-hydrogen) atoms. The van der Waals surface area contributed by atoms with Crippen molar-refractivity contribution >= 4 is 65.2 Å². The number of hydrogen-bond donors (Lipinski definition) is 0. The van der Waals surface area contributed by atoms with Crippen molar-refractivity contribution in [1.82, 2.24) is 19.9 Å². The predicted molar refractivity (Wildman–Crippen MR) is 217 cm³/mol. The Kier molecular flexibility index (Phi) is 6.48. The lowest BCUT2D eigenvalue weighted by atomic mass is 9.93. The summed E-state index contributed by atoms with van der Waals surface area (Å²) in [6.45, 7) is 0. The number of fused-ring (bicyclic) bond motifs is 9. The fourth-order valence-electron chi connectivity index (χ4n) is 7.89. The molecule has 246 valence electrons. The maximum absolute atomic E-state index is 6.26. The van der Waals surface area contributed by atoms with Crippen molar-refractivity contribution in [3.8, 4) is 45.3 Å². The number of nitrogens with zero attached hydrogens (tertiary/aromatic N) is 4. The molecule has 3 heterocycles. The minimum Gasteiger partial charge on any atom is -0.456 e. The summed E-state index contributed by atoms with van der Waals surface area (Å²) in [7, 11) is 0. The molecule has 0 aliphatic heterocycles. The number of benzene rings is 8. The van der Waals surface area contributed by atoms with Crippen LogP contribution in [0.25, 0.3) is 110 Å². The number of para-hydroxylation sites is 1. The van der Waals surface area contributed by atoms with Gasteiger partial charge in [-0.15, -0.1) is 0 Å². The molecular weight excluding hydrogens is 649 g/mol. The van der Waals surface area contributed by atoms with Crippen LogP contribution >= 0.6 is 0 Å². The van der Waals surface area contributed by atoms with Gasteiger partial charge in [-0.3, -0.25) is 4.98 Å². The highest BCUT2D eigenvalue weighted by Crippen LogP contribution is 2.41.